The van der Waals surface area contributed by atoms with Gasteiger partial charge in [0.2, 0.25) is 0 Å². The number of ether oxygens (including phenoxy) is 2. The highest BCUT2D eigenvalue weighted by Gasteiger charge is 2.23. The number of aliphatic imine (C=N–C) groups is 1. The fourth-order valence-electron chi connectivity index (χ4n) is 4.13. The van der Waals surface area contributed by atoms with Crippen LogP contribution in [0.25, 0.3) is 0 Å². The molecule has 3 atom stereocenters. The Morgan fingerprint density at radius 2 is 2.07 bits per heavy atom. The summed E-state index contributed by atoms with van der Waals surface area (Å²) < 4.78 is 13.0. The quantitative estimate of drug-likeness (QED) is 0.374. The van der Waals surface area contributed by atoms with E-state index >= 15 is 0 Å². The fourth-order valence-corrected chi connectivity index (χ4v) is 4.13. The Labute approximate surface area is 174 Å². The van der Waals surface area contributed by atoms with E-state index in [1.54, 1.807) is 7.11 Å². The number of morpholine rings is 1. The molecule has 0 saturated carbocycles. The lowest BCUT2D eigenvalue weighted by atomic mass is 10.1. The number of fused-ring (bicyclic) bond motifs is 1. The van der Waals surface area contributed by atoms with Gasteiger partial charge in [-0.15, -0.1) is 0 Å². The van der Waals surface area contributed by atoms with E-state index in [0.29, 0.717) is 24.9 Å². The average molecular weight is 408 g/mol. The number of hydrogen-bond donors (Lipinski definition) is 2. The van der Waals surface area contributed by atoms with Gasteiger partial charge < -0.3 is 20.1 Å². The summed E-state index contributed by atoms with van der Waals surface area (Å²) in [5, 5.41) is 11.5. The molecule has 0 bridgehead atoms. The molecule has 3 rings (SSSR count). The number of aryl methyl sites for hydroxylation is 1. The van der Waals surface area contributed by atoms with Crippen molar-refractivity contribution in [1.82, 2.24) is 30.3 Å². The van der Waals surface area contributed by atoms with Gasteiger partial charge in [0, 0.05) is 52.3 Å². The average Bonchev–Trinajstić information content (AvgIpc) is 3.06. The number of methoxy groups -OCH3 is 1. The zero-order valence-corrected chi connectivity index (χ0v) is 18.4. The maximum Gasteiger partial charge on any atom is 0.191 e. The number of nitrogens with one attached hydrogen (secondary N) is 2. The monoisotopic (exact) mass is 407 g/mol. The summed E-state index contributed by atoms with van der Waals surface area (Å²) in [6, 6.07) is 0.304. The topological polar surface area (TPSA) is 88.8 Å². The van der Waals surface area contributed by atoms with Crippen LogP contribution in [0.3, 0.4) is 0 Å². The summed E-state index contributed by atoms with van der Waals surface area (Å²) in [6.45, 7) is 12.4. The standard InChI is InChI=1S/C20H37N7O2/c1-5-21-20(22-9-6-10-26-11-15(2)29-16(3)12-26)23-17-7-8-19-24-18(14-28-4)25-27(19)13-17/h15-17H,5-14H2,1-4H3,(H2,21,22,23). The third kappa shape index (κ3) is 6.65. The van der Waals surface area contributed by atoms with Crippen molar-refractivity contribution in [1.29, 1.82) is 0 Å². The number of rotatable bonds is 8. The Hall–Kier alpha value is -1.71. The van der Waals surface area contributed by atoms with E-state index in [4.69, 9.17) is 14.5 Å². The lowest BCUT2D eigenvalue weighted by molar-refractivity contribution is -0.0679. The molecule has 1 saturated heterocycles. The van der Waals surface area contributed by atoms with Crippen LogP contribution in [-0.4, -0.2) is 83.7 Å². The smallest absolute Gasteiger partial charge is 0.191 e. The maximum absolute atomic E-state index is 5.81. The summed E-state index contributed by atoms with van der Waals surface area (Å²) in [5.74, 6) is 2.70. The van der Waals surface area contributed by atoms with E-state index in [9.17, 15) is 0 Å². The Morgan fingerprint density at radius 3 is 2.79 bits per heavy atom. The molecule has 1 aromatic heterocycles. The molecule has 3 unspecified atom stereocenters. The molecule has 164 valence electrons. The molecule has 29 heavy (non-hydrogen) atoms. The Bertz CT molecular complexity index is 653. The minimum atomic E-state index is 0.304. The van der Waals surface area contributed by atoms with Gasteiger partial charge in [0.15, 0.2) is 11.8 Å². The number of nitrogens with zero attached hydrogens (tertiary/aromatic N) is 5. The van der Waals surface area contributed by atoms with Crippen LogP contribution in [0.1, 0.15) is 45.3 Å². The molecule has 9 heteroatoms. The van der Waals surface area contributed by atoms with Crippen molar-refractivity contribution < 1.29 is 9.47 Å². The normalized spacial score (nSPS) is 25.7. The van der Waals surface area contributed by atoms with Gasteiger partial charge in [-0.2, -0.15) is 5.10 Å². The summed E-state index contributed by atoms with van der Waals surface area (Å²) in [5.41, 5.74) is 0. The zero-order valence-electron chi connectivity index (χ0n) is 18.4. The molecule has 9 nitrogen and oxygen atoms in total. The molecule has 0 aromatic carbocycles. The molecule has 1 fully saturated rings. The van der Waals surface area contributed by atoms with E-state index in [0.717, 1.165) is 76.1 Å². The van der Waals surface area contributed by atoms with Crippen LogP contribution in [0.2, 0.25) is 0 Å². The van der Waals surface area contributed by atoms with Crippen molar-refractivity contribution in [3.63, 3.8) is 0 Å². The third-order valence-electron chi connectivity index (χ3n) is 5.26. The van der Waals surface area contributed by atoms with Crippen molar-refractivity contribution in [2.45, 2.75) is 71.4 Å². The van der Waals surface area contributed by atoms with E-state index in [2.05, 4.69) is 46.4 Å². The van der Waals surface area contributed by atoms with E-state index < -0.39 is 0 Å². The molecular weight excluding hydrogens is 370 g/mol. The van der Waals surface area contributed by atoms with Gasteiger partial charge in [-0.1, -0.05) is 0 Å². The first-order valence-corrected chi connectivity index (χ1v) is 10.9. The summed E-state index contributed by atoms with van der Waals surface area (Å²) in [7, 11) is 1.67. The molecule has 0 radical (unpaired) electrons. The second kappa shape index (κ2) is 10.9. The Morgan fingerprint density at radius 1 is 1.28 bits per heavy atom. The first-order valence-electron chi connectivity index (χ1n) is 10.9. The Balaban J connectivity index is 1.46. The van der Waals surface area contributed by atoms with Crippen molar-refractivity contribution in [3.05, 3.63) is 11.6 Å². The van der Waals surface area contributed by atoms with Crippen molar-refractivity contribution in [2.75, 3.05) is 39.8 Å². The first-order chi connectivity index (χ1) is 14.1. The van der Waals surface area contributed by atoms with Crippen LogP contribution in [-0.2, 0) is 29.0 Å². The lowest BCUT2D eigenvalue weighted by Crippen LogP contribution is -2.47. The van der Waals surface area contributed by atoms with Gasteiger partial charge in [-0.05, 0) is 33.6 Å². The van der Waals surface area contributed by atoms with Gasteiger partial charge in [0.1, 0.15) is 12.4 Å². The van der Waals surface area contributed by atoms with Crippen LogP contribution in [0, 0.1) is 0 Å². The predicted octanol–water partition coefficient (Wildman–Crippen LogP) is 0.794. The van der Waals surface area contributed by atoms with Crippen LogP contribution in [0.15, 0.2) is 4.99 Å². The van der Waals surface area contributed by atoms with Crippen molar-refractivity contribution in [3.8, 4) is 0 Å². The molecule has 2 aliphatic heterocycles. The first kappa shape index (κ1) is 22.0. The van der Waals surface area contributed by atoms with E-state index in [1.807, 2.05) is 4.68 Å². The molecule has 2 aliphatic rings. The molecule has 2 N–H and O–H groups in total. The minimum absolute atomic E-state index is 0.304. The highest BCUT2D eigenvalue weighted by Crippen LogP contribution is 2.14. The summed E-state index contributed by atoms with van der Waals surface area (Å²) >= 11 is 0. The van der Waals surface area contributed by atoms with Gasteiger partial charge in [-0.25, -0.2) is 9.67 Å². The highest BCUT2D eigenvalue weighted by atomic mass is 16.5. The van der Waals surface area contributed by atoms with Crippen molar-refractivity contribution >= 4 is 5.96 Å². The Kier molecular flexibility index (Phi) is 8.26. The zero-order chi connectivity index (χ0) is 20.6. The van der Waals surface area contributed by atoms with E-state index in [-0.39, 0.29) is 0 Å². The maximum atomic E-state index is 5.81. The summed E-state index contributed by atoms with van der Waals surface area (Å²) in [4.78, 5) is 11.8. The van der Waals surface area contributed by atoms with Gasteiger partial charge in [0.05, 0.1) is 18.8 Å². The highest BCUT2D eigenvalue weighted by molar-refractivity contribution is 5.80. The minimum Gasteiger partial charge on any atom is -0.377 e. The lowest BCUT2D eigenvalue weighted by Gasteiger charge is -2.35. The fraction of sp³-hybridized carbons (Fsp3) is 0.850. The van der Waals surface area contributed by atoms with Crippen LogP contribution in [0.4, 0.5) is 0 Å². The molecule has 3 heterocycles. The molecule has 0 amide bonds. The van der Waals surface area contributed by atoms with Gasteiger partial charge in [0.25, 0.3) is 0 Å². The molecule has 0 spiro atoms. The predicted molar refractivity (Wildman–Crippen MR) is 113 cm³/mol. The van der Waals surface area contributed by atoms with E-state index in [1.165, 1.54) is 0 Å². The molecular formula is C20H37N7O2. The largest absolute Gasteiger partial charge is 0.377 e. The number of aromatic nitrogens is 3. The van der Waals surface area contributed by atoms with Crippen LogP contribution in [0.5, 0.6) is 0 Å². The van der Waals surface area contributed by atoms with Gasteiger partial charge >= 0.3 is 0 Å². The van der Waals surface area contributed by atoms with Crippen LogP contribution >= 0.6 is 0 Å². The molecule has 1 aromatic rings. The number of guanidine groups is 1. The molecule has 0 aliphatic carbocycles. The number of hydrogen-bond acceptors (Lipinski definition) is 6. The van der Waals surface area contributed by atoms with Crippen molar-refractivity contribution in [2.24, 2.45) is 4.99 Å². The third-order valence-corrected chi connectivity index (χ3v) is 5.26. The second-order valence-corrected chi connectivity index (χ2v) is 8.07. The van der Waals surface area contributed by atoms with Crippen LogP contribution < -0.4 is 10.6 Å². The summed E-state index contributed by atoms with van der Waals surface area (Å²) in [6.07, 6.45) is 3.63. The van der Waals surface area contributed by atoms with Gasteiger partial charge in [-0.3, -0.25) is 9.89 Å². The SMILES string of the molecule is CCNC(=NCCCN1CC(C)OC(C)C1)NC1CCc2nc(COC)nn2C1. The second-order valence-electron chi connectivity index (χ2n) is 8.07.